The summed E-state index contributed by atoms with van der Waals surface area (Å²) in [6.07, 6.45) is -8.01. The van der Waals surface area contributed by atoms with E-state index in [1.54, 1.807) is 19.1 Å². The molecule has 1 fully saturated rings. The lowest BCUT2D eigenvalue weighted by atomic mass is 9.99. The lowest BCUT2D eigenvalue weighted by Gasteiger charge is -2.38. The zero-order valence-corrected chi connectivity index (χ0v) is 11.6. The molecule has 1 aromatic rings. The fourth-order valence-corrected chi connectivity index (χ4v) is 2.11. The first kappa shape index (κ1) is 15.7. The van der Waals surface area contributed by atoms with E-state index < -0.39 is 36.7 Å². The molecule has 2 rings (SSSR count). The van der Waals surface area contributed by atoms with Gasteiger partial charge in [0.25, 0.3) is 0 Å². The number of hydrogen-bond acceptors (Lipinski definition) is 6. The van der Waals surface area contributed by atoms with E-state index in [-0.39, 0.29) is 0 Å². The Hall–Kier alpha value is -1.67. The summed E-state index contributed by atoms with van der Waals surface area (Å²) < 4.78 is 10.5. The van der Waals surface area contributed by atoms with Crippen LogP contribution in [-0.2, 0) is 9.53 Å². The molecule has 1 aliphatic rings. The Bertz CT molecular complexity index is 530. The summed E-state index contributed by atoms with van der Waals surface area (Å²) >= 11 is 0. The minimum atomic E-state index is -1.73. The Morgan fingerprint density at radius 3 is 2.43 bits per heavy atom. The topological polar surface area (TPSA) is 116 Å². The summed E-state index contributed by atoms with van der Waals surface area (Å²) in [6.45, 7) is 3.63. The molecule has 5 atom stereocenters. The van der Waals surface area contributed by atoms with Gasteiger partial charge in [0.2, 0.25) is 6.29 Å². The van der Waals surface area contributed by atoms with E-state index in [4.69, 9.17) is 14.6 Å². The number of carboxylic acid groups (broad SMARTS) is 1. The summed E-state index contributed by atoms with van der Waals surface area (Å²) in [6, 6.07) is 5.39. The highest BCUT2D eigenvalue weighted by atomic mass is 16.7. The number of aryl methyl sites for hydroxylation is 2. The van der Waals surface area contributed by atoms with Crippen molar-refractivity contribution in [3.05, 3.63) is 29.3 Å². The zero-order chi connectivity index (χ0) is 15.7. The van der Waals surface area contributed by atoms with Crippen molar-refractivity contribution in [1.82, 2.24) is 0 Å². The second-order valence-corrected chi connectivity index (χ2v) is 5.12. The smallest absolute Gasteiger partial charge is 0.335 e. The van der Waals surface area contributed by atoms with E-state index >= 15 is 0 Å². The molecule has 0 saturated carbocycles. The van der Waals surface area contributed by atoms with Crippen molar-refractivity contribution in [2.45, 2.75) is 44.6 Å². The summed E-state index contributed by atoms with van der Waals surface area (Å²) in [5, 5.41) is 38.1. The van der Waals surface area contributed by atoms with Crippen molar-refractivity contribution < 1.29 is 34.7 Å². The minimum Gasteiger partial charge on any atom is -0.479 e. The molecule has 0 amide bonds. The van der Waals surface area contributed by atoms with Crippen LogP contribution in [0.25, 0.3) is 0 Å². The van der Waals surface area contributed by atoms with Gasteiger partial charge in [-0.05, 0) is 31.0 Å². The van der Waals surface area contributed by atoms with Crippen LogP contribution >= 0.6 is 0 Å². The fourth-order valence-electron chi connectivity index (χ4n) is 2.11. The average Bonchev–Trinajstić information content (AvgIpc) is 2.43. The molecule has 0 bridgehead atoms. The van der Waals surface area contributed by atoms with Crippen LogP contribution in [0.1, 0.15) is 11.1 Å². The van der Waals surface area contributed by atoms with Crippen molar-refractivity contribution in [1.29, 1.82) is 0 Å². The van der Waals surface area contributed by atoms with E-state index in [0.29, 0.717) is 5.75 Å². The molecule has 0 spiro atoms. The maximum atomic E-state index is 11.0. The molecule has 1 aliphatic heterocycles. The van der Waals surface area contributed by atoms with Crippen LogP contribution in [0.2, 0.25) is 0 Å². The van der Waals surface area contributed by atoms with Gasteiger partial charge in [0, 0.05) is 0 Å². The van der Waals surface area contributed by atoms with Crippen LogP contribution in [0.5, 0.6) is 5.75 Å². The number of carboxylic acids is 1. The Morgan fingerprint density at radius 1 is 1.14 bits per heavy atom. The van der Waals surface area contributed by atoms with E-state index in [9.17, 15) is 20.1 Å². The monoisotopic (exact) mass is 298 g/mol. The number of carbonyl (C=O) groups is 1. The van der Waals surface area contributed by atoms with Crippen molar-refractivity contribution in [3.8, 4) is 5.75 Å². The third kappa shape index (κ3) is 3.16. The van der Waals surface area contributed by atoms with E-state index in [1.807, 2.05) is 13.0 Å². The number of hydrogen-bond donors (Lipinski definition) is 4. The highest BCUT2D eigenvalue weighted by Crippen LogP contribution is 2.27. The molecule has 1 heterocycles. The summed E-state index contributed by atoms with van der Waals surface area (Å²) in [7, 11) is 0. The third-order valence-corrected chi connectivity index (χ3v) is 3.40. The first-order valence-electron chi connectivity index (χ1n) is 6.47. The first-order valence-corrected chi connectivity index (χ1v) is 6.47. The largest absolute Gasteiger partial charge is 0.479 e. The molecule has 0 unspecified atom stereocenters. The molecule has 1 aromatic carbocycles. The van der Waals surface area contributed by atoms with Gasteiger partial charge in [-0.2, -0.15) is 0 Å². The Labute approximate surface area is 121 Å². The third-order valence-electron chi connectivity index (χ3n) is 3.40. The molecule has 116 valence electrons. The van der Waals surface area contributed by atoms with Crippen LogP contribution in [-0.4, -0.2) is 57.1 Å². The van der Waals surface area contributed by atoms with Gasteiger partial charge < -0.3 is 29.9 Å². The van der Waals surface area contributed by atoms with Crippen molar-refractivity contribution >= 4 is 5.97 Å². The SMILES string of the molecule is Cc1ccc(C)c(O[C@@H]2O[C@H](C(=O)O)[C@@H](O)[C@H](O)[C@H]2O)c1. The van der Waals surface area contributed by atoms with Gasteiger partial charge in [-0.15, -0.1) is 0 Å². The lowest BCUT2D eigenvalue weighted by Crippen LogP contribution is -2.61. The maximum absolute atomic E-state index is 11.0. The second-order valence-electron chi connectivity index (χ2n) is 5.12. The maximum Gasteiger partial charge on any atom is 0.335 e. The number of aliphatic hydroxyl groups excluding tert-OH is 3. The second kappa shape index (κ2) is 5.98. The molecule has 7 heteroatoms. The predicted molar refractivity (Wildman–Crippen MR) is 70.9 cm³/mol. The van der Waals surface area contributed by atoms with E-state index in [2.05, 4.69) is 0 Å². The molecule has 0 aromatic heterocycles. The van der Waals surface area contributed by atoms with Gasteiger partial charge in [-0.25, -0.2) is 4.79 Å². The van der Waals surface area contributed by atoms with Gasteiger partial charge in [0.1, 0.15) is 24.1 Å². The summed E-state index contributed by atoms with van der Waals surface area (Å²) in [5.74, 6) is -1.03. The highest BCUT2D eigenvalue weighted by Gasteiger charge is 2.48. The molecular formula is C14H18O7. The van der Waals surface area contributed by atoms with E-state index in [0.717, 1.165) is 11.1 Å². The molecule has 4 N–H and O–H groups in total. The number of ether oxygens (including phenoxy) is 2. The van der Waals surface area contributed by atoms with Gasteiger partial charge in [-0.3, -0.25) is 0 Å². The number of aliphatic hydroxyl groups is 3. The zero-order valence-electron chi connectivity index (χ0n) is 11.6. The molecule has 0 radical (unpaired) electrons. The molecule has 21 heavy (non-hydrogen) atoms. The summed E-state index contributed by atoms with van der Waals surface area (Å²) in [4.78, 5) is 11.0. The predicted octanol–water partition coefficient (Wildman–Crippen LogP) is -0.426. The van der Waals surface area contributed by atoms with Gasteiger partial charge in [0.15, 0.2) is 6.10 Å². The molecule has 7 nitrogen and oxygen atoms in total. The fraction of sp³-hybridized carbons (Fsp3) is 0.500. The van der Waals surface area contributed by atoms with Crippen LogP contribution < -0.4 is 4.74 Å². The standard InChI is InChI=1S/C14H18O7/c1-6-3-4-7(2)8(5-6)20-14-11(17)9(15)10(16)12(21-14)13(18)19/h3-5,9-12,14-17H,1-2H3,(H,18,19)/t9-,10-,11+,12-,14+/m0/s1. The van der Waals surface area contributed by atoms with Crippen molar-refractivity contribution in [3.63, 3.8) is 0 Å². The highest BCUT2D eigenvalue weighted by molar-refractivity contribution is 5.73. The van der Waals surface area contributed by atoms with Crippen molar-refractivity contribution in [2.75, 3.05) is 0 Å². The minimum absolute atomic E-state index is 0.409. The Balaban J connectivity index is 2.22. The first-order chi connectivity index (χ1) is 9.81. The molecular weight excluding hydrogens is 280 g/mol. The van der Waals surface area contributed by atoms with E-state index in [1.165, 1.54) is 0 Å². The normalized spacial score (nSPS) is 32.7. The Morgan fingerprint density at radius 2 is 1.81 bits per heavy atom. The van der Waals surface area contributed by atoms with Gasteiger partial charge >= 0.3 is 5.97 Å². The van der Waals surface area contributed by atoms with Crippen LogP contribution in [0.4, 0.5) is 0 Å². The lowest BCUT2D eigenvalue weighted by molar-refractivity contribution is -0.271. The molecule has 1 saturated heterocycles. The Kier molecular flexibility index (Phi) is 4.48. The van der Waals surface area contributed by atoms with Crippen LogP contribution in [0.3, 0.4) is 0 Å². The number of benzene rings is 1. The van der Waals surface area contributed by atoms with Crippen molar-refractivity contribution in [2.24, 2.45) is 0 Å². The van der Waals surface area contributed by atoms with Crippen LogP contribution in [0, 0.1) is 13.8 Å². The quantitative estimate of drug-likeness (QED) is 0.598. The number of aliphatic carboxylic acids is 1. The summed E-state index contributed by atoms with van der Waals surface area (Å²) in [5.41, 5.74) is 1.68. The number of rotatable bonds is 3. The van der Waals surface area contributed by atoms with Gasteiger partial charge in [-0.1, -0.05) is 12.1 Å². The average molecular weight is 298 g/mol. The van der Waals surface area contributed by atoms with Crippen LogP contribution in [0.15, 0.2) is 18.2 Å². The molecule has 0 aliphatic carbocycles. The van der Waals surface area contributed by atoms with Gasteiger partial charge in [0.05, 0.1) is 0 Å².